The van der Waals surface area contributed by atoms with Gasteiger partial charge < -0.3 is 4.90 Å². The molecule has 3 aromatic rings. The number of aromatic nitrogens is 2. The van der Waals surface area contributed by atoms with Crippen LogP contribution in [0.4, 0.5) is 5.69 Å². The first kappa shape index (κ1) is 16.7. The van der Waals surface area contributed by atoms with E-state index in [9.17, 15) is 0 Å². The van der Waals surface area contributed by atoms with Crippen molar-refractivity contribution in [2.45, 2.75) is 25.4 Å². The summed E-state index contributed by atoms with van der Waals surface area (Å²) in [5.74, 6) is 0. The Kier molecular flexibility index (Phi) is 5.10. The van der Waals surface area contributed by atoms with Crippen LogP contribution in [0.15, 0.2) is 46.7 Å². The number of hydrogen-bond acceptors (Lipinski definition) is 6. The zero-order chi connectivity index (χ0) is 17.1. The Balaban J connectivity index is 1.38. The zero-order valence-electron chi connectivity index (χ0n) is 14.3. The second kappa shape index (κ2) is 7.64. The number of benzene rings is 1. The van der Waals surface area contributed by atoms with E-state index in [1.54, 1.807) is 22.7 Å². The van der Waals surface area contributed by atoms with Crippen molar-refractivity contribution >= 4 is 28.4 Å². The fourth-order valence-electron chi connectivity index (χ4n) is 3.46. The van der Waals surface area contributed by atoms with Gasteiger partial charge >= 0.3 is 0 Å². The summed E-state index contributed by atoms with van der Waals surface area (Å²) in [6.45, 7) is 3.17. The first-order valence-electron chi connectivity index (χ1n) is 8.62. The largest absolute Gasteiger partial charge is 0.371 e. The first-order valence-corrected chi connectivity index (χ1v) is 10.4. The molecule has 130 valence electrons. The molecular formula is C19H22N4S2. The fourth-order valence-corrected chi connectivity index (χ4v) is 4.70. The molecule has 4 nitrogen and oxygen atoms in total. The number of nitrogens with zero attached hydrogens (tertiary/aromatic N) is 4. The van der Waals surface area contributed by atoms with Crippen LogP contribution in [0.1, 0.15) is 17.8 Å². The Bertz CT molecular complexity index is 778. The lowest BCUT2D eigenvalue weighted by atomic mass is 10.0. The maximum absolute atomic E-state index is 4.43. The standard InChI is InChI=1S/C19H22N4S2/c1-22(12-19-20-7-10-25-19)16-5-8-23(9-6-16)17-4-2-3-15(11-17)18-13-24-14-21-18/h2-4,7,10-11,13-14,16H,5-6,8-9,12H2,1H3. The molecule has 25 heavy (non-hydrogen) atoms. The van der Waals surface area contributed by atoms with Crippen molar-refractivity contribution in [3.05, 3.63) is 51.7 Å². The highest BCUT2D eigenvalue weighted by Crippen LogP contribution is 2.27. The van der Waals surface area contributed by atoms with Gasteiger partial charge in [-0.2, -0.15) is 0 Å². The number of piperidine rings is 1. The second-order valence-electron chi connectivity index (χ2n) is 6.48. The van der Waals surface area contributed by atoms with Gasteiger partial charge in [0.25, 0.3) is 0 Å². The van der Waals surface area contributed by atoms with Crippen molar-refractivity contribution in [3.63, 3.8) is 0 Å². The number of thiazole rings is 2. The van der Waals surface area contributed by atoms with Gasteiger partial charge in [-0.25, -0.2) is 9.97 Å². The Morgan fingerprint density at radius 1 is 1.24 bits per heavy atom. The van der Waals surface area contributed by atoms with Crippen molar-refractivity contribution in [1.29, 1.82) is 0 Å². The van der Waals surface area contributed by atoms with Gasteiger partial charge in [-0.05, 0) is 32.0 Å². The predicted molar refractivity (Wildman–Crippen MR) is 106 cm³/mol. The molecule has 0 aliphatic carbocycles. The van der Waals surface area contributed by atoms with E-state index in [-0.39, 0.29) is 0 Å². The maximum atomic E-state index is 4.43. The van der Waals surface area contributed by atoms with E-state index in [0.717, 1.165) is 25.3 Å². The van der Waals surface area contributed by atoms with Crippen LogP contribution in [0.5, 0.6) is 0 Å². The van der Waals surface area contributed by atoms with Gasteiger partial charge in [-0.15, -0.1) is 22.7 Å². The van der Waals surface area contributed by atoms with E-state index >= 15 is 0 Å². The van der Waals surface area contributed by atoms with Gasteiger partial charge in [-0.3, -0.25) is 4.90 Å². The van der Waals surface area contributed by atoms with Gasteiger partial charge in [-0.1, -0.05) is 12.1 Å². The smallest absolute Gasteiger partial charge is 0.107 e. The average Bonchev–Trinajstić information content (AvgIpc) is 3.36. The minimum Gasteiger partial charge on any atom is -0.371 e. The van der Waals surface area contributed by atoms with E-state index in [2.05, 4.69) is 61.8 Å². The van der Waals surface area contributed by atoms with Crippen LogP contribution in [0.2, 0.25) is 0 Å². The molecule has 1 saturated heterocycles. The minimum atomic E-state index is 0.641. The lowest BCUT2D eigenvalue weighted by Crippen LogP contribution is -2.43. The van der Waals surface area contributed by atoms with Crippen LogP contribution in [0, 0.1) is 0 Å². The summed E-state index contributed by atoms with van der Waals surface area (Å²) in [6, 6.07) is 9.42. The Hall–Kier alpha value is -1.76. The molecule has 0 radical (unpaired) electrons. The topological polar surface area (TPSA) is 32.3 Å². The number of hydrogen-bond donors (Lipinski definition) is 0. The van der Waals surface area contributed by atoms with Gasteiger partial charge in [0.1, 0.15) is 5.01 Å². The zero-order valence-corrected chi connectivity index (χ0v) is 16.0. The highest BCUT2D eigenvalue weighted by Gasteiger charge is 2.23. The Morgan fingerprint density at radius 3 is 2.84 bits per heavy atom. The monoisotopic (exact) mass is 370 g/mol. The molecule has 1 aromatic carbocycles. The van der Waals surface area contributed by atoms with E-state index in [4.69, 9.17) is 0 Å². The highest BCUT2D eigenvalue weighted by molar-refractivity contribution is 7.09. The second-order valence-corrected chi connectivity index (χ2v) is 8.18. The molecule has 1 aliphatic rings. The van der Waals surface area contributed by atoms with Gasteiger partial charge in [0, 0.05) is 47.3 Å². The third-order valence-electron chi connectivity index (χ3n) is 4.90. The van der Waals surface area contributed by atoms with E-state index in [0.29, 0.717) is 6.04 Å². The van der Waals surface area contributed by atoms with Crippen molar-refractivity contribution in [1.82, 2.24) is 14.9 Å². The molecule has 0 spiro atoms. The van der Waals surface area contributed by atoms with Crippen molar-refractivity contribution in [3.8, 4) is 11.3 Å². The molecule has 1 aliphatic heterocycles. The molecule has 3 heterocycles. The molecular weight excluding hydrogens is 348 g/mol. The summed E-state index contributed by atoms with van der Waals surface area (Å²) in [4.78, 5) is 13.8. The molecule has 0 N–H and O–H groups in total. The van der Waals surface area contributed by atoms with Crippen LogP contribution in [-0.2, 0) is 6.54 Å². The first-order chi connectivity index (χ1) is 12.3. The van der Waals surface area contributed by atoms with Crippen LogP contribution < -0.4 is 4.90 Å². The summed E-state index contributed by atoms with van der Waals surface area (Å²) >= 11 is 3.39. The third-order valence-corrected chi connectivity index (χ3v) is 6.25. The summed E-state index contributed by atoms with van der Waals surface area (Å²) in [5.41, 5.74) is 5.49. The predicted octanol–water partition coefficient (Wildman–Crippen LogP) is 4.37. The van der Waals surface area contributed by atoms with Crippen molar-refractivity contribution < 1.29 is 0 Å². The summed E-state index contributed by atoms with van der Waals surface area (Å²) < 4.78 is 0. The number of anilines is 1. The van der Waals surface area contributed by atoms with E-state index in [1.807, 2.05) is 11.7 Å². The molecule has 0 amide bonds. The quantitative estimate of drug-likeness (QED) is 0.668. The molecule has 0 unspecified atom stereocenters. The molecule has 0 atom stereocenters. The van der Waals surface area contributed by atoms with Gasteiger partial charge in [0.15, 0.2) is 0 Å². The van der Waals surface area contributed by atoms with Crippen molar-refractivity contribution in [2.24, 2.45) is 0 Å². The fraction of sp³-hybridized carbons (Fsp3) is 0.368. The molecule has 0 saturated carbocycles. The lowest BCUT2D eigenvalue weighted by molar-refractivity contribution is 0.200. The Morgan fingerprint density at radius 2 is 2.12 bits per heavy atom. The molecule has 0 bridgehead atoms. The van der Waals surface area contributed by atoms with Gasteiger partial charge in [0.05, 0.1) is 17.7 Å². The normalized spacial score (nSPS) is 15.8. The molecule has 4 rings (SSSR count). The van der Waals surface area contributed by atoms with E-state index in [1.165, 1.54) is 29.1 Å². The van der Waals surface area contributed by atoms with Crippen molar-refractivity contribution in [2.75, 3.05) is 25.0 Å². The summed E-state index contributed by atoms with van der Waals surface area (Å²) in [7, 11) is 2.23. The SMILES string of the molecule is CN(Cc1nccs1)C1CCN(c2cccc(-c3cscn3)c2)CC1. The summed E-state index contributed by atoms with van der Waals surface area (Å²) in [6.07, 6.45) is 4.29. The Labute approximate surface area is 156 Å². The van der Waals surface area contributed by atoms with Crippen LogP contribution in [0.3, 0.4) is 0 Å². The van der Waals surface area contributed by atoms with Crippen LogP contribution in [0.25, 0.3) is 11.3 Å². The van der Waals surface area contributed by atoms with E-state index < -0.39 is 0 Å². The van der Waals surface area contributed by atoms with Crippen LogP contribution >= 0.6 is 22.7 Å². The number of rotatable bonds is 5. The average molecular weight is 371 g/mol. The molecule has 2 aromatic heterocycles. The summed E-state index contributed by atoms with van der Waals surface area (Å²) in [5, 5.41) is 5.38. The lowest BCUT2D eigenvalue weighted by Gasteiger charge is -2.37. The van der Waals surface area contributed by atoms with Gasteiger partial charge in [0.2, 0.25) is 0 Å². The van der Waals surface area contributed by atoms with Crippen LogP contribution in [-0.4, -0.2) is 41.0 Å². The maximum Gasteiger partial charge on any atom is 0.107 e. The minimum absolute atomic E-state index is 0.641. The molecule has 6 heteroatoms. The third kappa shape index (κ3) is 3.92. The highest BCUT2D eigenvalue weighted by atomic mass is 32.1. The molecule has 1 fully saturated rings.